The molecule has 0 unspecified atom stereocenters. The molecule has 0 bridgehead atoms. The molecular formula is C30H28N4O2. The first-order valence-electron chi connectivity index (χ1n) is 12.6. The molecule has 0 radical (unpaired) electrons. The predicted molar refractivity (Wildman–Crippen MR) is 145 cm³/mol. The summed E-state index contributed by atoms with van der Waals surface area (Å²) in [6, 6.07) is 30.0. The average molecular weight is 477 g/mol. The minimum absolute atomic E-state index is 0.253. The highest BCUT2D eigenvalue weighted by Gasteiger charge is 2.26. The Balaban J connectivity index is 1.51. The van der Waals surface area contributed by atoms with Crippen LogP contribution in [0.2, 0.25) is 0 Å². The Morgan fingerprint density at radius 3 is 1.86 bits per heavy atom. The Morgan fingerprint density at radius 1 is 0.528 bits per heavy atom. The molecule has 0 atom stereocenters. The molecule has 0 spiro atoms. The summed E-state index contributed by atoms with van der Waals surface area (Å²) in [6.07, 6.45) is -0.516. The molecular weight excluding hydrogens is 448 g/mol. The van der Waals surface area contributed by atoms with Gasteiger partial charge in [0.2, 0.25) is 12.7 Å². The molecule has 180 valence electrons. The molecule has 0 aromatic heterocycles. The van der Waals surface area contributed by atoms with Crippen molar-refractivity contribution in [1.29, 1.82) is 0 Å². The molecule has 0 amide bonds. The van der Waals surface area contributed by atoms with E-state index >= 15 is 0 Å². The monoisotopic (exact) mass is 476 g/mol. The quantitative estimate of drug-likeness (QED) is 0.280. The highest BCUT2D eigenvalue weighted by atomic mass is 16.5. The minimum atomic E-state index is -0.263. The molecule has 0 saturated carbocycles. The third kappa shape index (κ3) is 3.85. The summed E-state index contributed by atoms with van der Waals surface area (Å²) < 4.78 is 13.2. The van der Waals surface area contributed by atoms with Crippen LogP contribution >= 0.6 is 0 Å². The second-order valence-corrected chi connectivity index (χ2v) is 9.34. The molecule has 5 aromatic carbocycles. The first kappa shape index (κ1) is 21.6. The Morgan fingerprint density at radius 2 is 1.11 bits per heavy atom. The van der Waals surface area contributed by atoms with Crippen molar-refractivity contribution in [2.24, 2.45) is 0 Å². The number of hydrogen-bond donors (Lipinski definition) is 4. The molecule has 2 heterocycles. The van der Waals surface area contributed by atoms with Crippen molar-refractivity contribution in [3.8, 4) is 22.6 Å². The van der Waals surface area contributed by atoms with Crippen LogP contribution in [0.4, 0.5) is 0 Å². The van der Waals surface area contributed by atoms with Gasteiger partial charge in [0.1, 0.15) is 11.5 Å². The third-order valence-corrected chi connectivity index (χ3v) is 7.03. The summed E-state index contributed by atoms with van der Waals surface area (Å²) in [5, 5.41) is 20.5. The maximum absolute atomic E-state index is 6.67. The lowest BCUT2D eigenvalue weighted by molar-refractivity contribution is 0.158. The van der Waals surface area contributed by atoms with E-state index in [4.69, 9.17) is 9.47 Å². The molecule has 2 aliphatic heterocycles. The second kappa shape index (κ2) is 9.08. The molecule has 36 heavy (non-hydrogen) atoms. The van der Waals surface area contributed by atoms with Gasteiger partial charge in [-0.2, -0.15) is 0 Å². The molecule has 2 aliphatic rings. The fraction of sp³-hybridized carbons (Fsp3) is 0.200. The zero-order valence-electron chi connectivity index (χ0n) is 19.9. The van der Waals surface area contributed by atoms with Gasteiger partial charge in [-0.25, -0.2) is 0 Å². The smallest absolute Gasteiger partial charge is 0.207 e. The van der Waals surface area contributed by atoms with E-state index in [1.54, 1.807) is 0 Å². The van der Waals surface area contributed by atoms with E-state index in [-0.39, 0.29) is 12.7 Å². The normalized spacial score (nSPS) is 16.9. The molecule has 2 saturated heterocycles. The summed E-state index contributed by atoms with van der Waals surface area (Å²) in [4.78, 5) is 0. The second-order valence-electron chi connectivity index (χ2n) is 9.34. The minimum Gasteiger partial charge on any atom is -0.461 e. The van der Waals surface area contributed by atoms with Gasteiger partial charge in [-0.15, -0.1) is 0 Å². The number of hydrogen-bond acceptors (Lipinski definition) is 6. The van der Waals surface area contributed by atoms with Crippen LogP contribution < -0.4 is 30.7 Å². The van der Waals surface area contributed by atoms with Crippen LogP contribution in [0, 0.1) is 0 Å². The van der Waals surface area contributed by atoms with Crippen molar-refractivity contribution < 1.29 is 9.47 Å². The fourth-order valence-corrected chi connectivity index (χ4v) is 5.31. The van der Waals surface area contributed by atoms with Gasteiger partial charge in [-0.1, -0.05) is 66.7 Å². The topological polar surface area (TPSA) is 66.6 Å². The molecule has 7 rings (SSSR count). The van der Waals surface area contributed by atoms with Gasteiger partial charge in [0.25, 0.3) is 0 Å². The van der Waals surface area contributed by atoms with Gasteiger partial charge in [0, 0.05) is 31.6 Å². The predicted octanol–water partition coefficient (Wildman–Crippen LogP) is 4.52. The van der Waals surface area contributed by atoms with E-state index in [9.17, 15) is 0 Å². The summed E-state index contributed by atoms with van der Waals surface area (Å²) in [5.74, 6) is 1.60. The number of nitrogens with one attached hydrogen (secondary N) is 4. The van der Waals surface area contributed by atoms with Gasteiger partial charge < -0.3 is 9.47 Å². The number of rotatable bonds is 5. The van der Waals surface area contributed by atoms with E-state index in [1.807, 2.05) is 0 Å². The van der Waals surface area contributed by atoms with Crippen LogP contribution in [0.25, 0.3) is 43.4 Å². The van der Waals surface area contributed by atoms with Crippen molar-refractivity contribution >= 4 is 32.3 Å². The SMILES string of the molecule is c1ccc2cc3c(-c4c(OC5NCCN5)cc5ccccc5c4OC4NCCN4)cccc3cc2c1. The summed E-state index contributed by atoms with van der Waals surface area (Å²) >= 11 is 0. The zero-order valence-corrected chi connectivity index (χ0v) is 19.9. The van der Waals surface area contributed by atoms with Gasteiger partial charge in [0.15, 0.2) is 0 Å². The Labute approximate surface area is 209 Å². The Hall–Kier alpha value is -3.68. The number of fused-ring (bicyclic) bond motifs is 3. The van der Waals surface area contributed by atoms with Crippen molar-refractivity contribution in [2.45, 2.75) is 12.7 Å². The maximum atomic E-state index is 6.67. The average Bonchev–Trinajstić information content (AvgIpc) is 3.62. The van der Waals surface area contributed by atoms with Crippen LogP contribution in [0.3, 0.4) is 0 Å². The maximum Gasteiger partial charge on any atom is 0.207 e. The van der Waals surface area contributed by atoms with Crippen LogP contribution in [-0.4, -0.2) is 38.9 Å². The van der Waals surface area contributed by atoms with Crippen LogP contribution in [0.5, 0.6) is 11.5 Å². The lowest BCUT2D eigenvalue weighted by Crippen LogP contribution is -2.38. The van der Waals surface area contributed by atoms with Gasteiger partial charge in [-0.05, 0) is 50.7 Å². The van der Waals surface area contributed by atoms with Gasteiger partial charge >= 0.3 is 0 Å². The van der Waals surface area contributed by atoms with Crippen molar-refractivity contribution in [3.05, 3.63) is 84.9 Å². The Kier molecular flexibility index (Phi) is 5.44. The van der Waals surface area contributed by atoms with Crippen LogP contribution in [-0.2, 0) is 0 Å². The van der Waals surface area contributed by atoms with E-state index in [0.29, 0.717) is 0 Å². The largest absolute Gasteiger partial charge is 0.461 e. The molecule has 5 aromatic rings. The molecule has 6 nitrogen and oxygen atoms in total. The van der Waals surface area contributed by atoms with Crippen LogP contribution in [0.1, 0.15) is 0 Å². The molecule has 4 N–H and O–H groups in total. The third-order valence-electron chi connectivity index (χ3n) is 7.03. The highest BCUT2D eigenvalue weighted by Crippen LogP contribution is 2.47. The number of benzene rings is 5. The van der Waals surface area contributed by atoms with Gasteiger partial charge in [-0.3, -0.25) is 21.3 Å². The lowest BCUT2D eigenvalue weighted by atomic mass is 9.92. The van der Waals surface area contributed by atoms with E-state index in [1.165, 1.54) is 21.5 Å². The molecule has 0 aliphatic carbocycles. The lowest BCUT2D eigenvalue weighted by Gasteiger charge is -2.24. The van der Waals surface area contributed by atoms with E-state index < -0.39 is 0 Å². The first-order valence-corrected chi connectivity index (χ1v) is 12.6. The van der Waals surface area contributed by atoms with Crippen molar-refractivity contribution in [2.75, 3.05) is 26.2 Å². The van der Waals surface area contributed by atoms with Crippen LogP contribution in [0.15, 0.2) is 84.9 Å². The fourth-order valence-electron chi connectivity index (χ4n) is 5.31. The summed E-state index contributed by atoms with van der Waals surface area (Å²) in [5.41, 5.74) is 2.05. The van der Waals surface area contributed by atoms with E-state index in [0.717, 1.165) is 59.6 Å². The number of ether oxygens (including phenoxy) is 2. The van der Waals surface area contributed by atoms with Gasteiger partial charge in [0.05, 0.1) is 5.56 Å². The zero-order chi connectivity index (χ0) is 23.9. The first-order chi connectivity index (χ1) is 17.8. The molecule has 2 fully saturated rings. The molecule has 6 heteroatoms. The Bertz CT molecular complexity index is 1570. The van der Waals surface area contributed by atoms with Crippen molar-refractivity contribution in [1.82, 2.24) is 21.3 Å². The highest BCUT2D eigenvalue weighted by molar-refractivity contribution is 6.09. The summed E-state index contributed by atoms with van der Waals surface area (Å²) in [7, 11) is 0. The van der Waals surface area contributed by atoms with E-state index in [2.05, 4.69) is 106 Å². The standard InChI is InChI=1S/C30H28N4O2/c1-2-7-20-17-25-21(16-19(20)6-1)9-5-11-24(25)27-26(35-29-31-12-13-32-29)18-22-8-3-4-10-23(22)28(27)36-30-33-14-15-34-30/h1-11,16-18,29-34H,12-15H2. The van der Waals surface area contributed by atoms with Crippen molar-refractivity contribution in [3.63, 3.8) is 0 Å². The summed E-state index contributed by atoms with van der Waals surface area (Å²) in [6.45, 7) is 3.47.